The average Bonchev–Trinajstić information content (AvgIpc) is 2.94. The van der Waals surface area contributed by atoms with Crippen LogP contribution in [0.4, 0.5) is 0 Å². The Morgan fingerprint density at radius 3 is 2.95 bits per heavy atom. The lowest BCUT2D eigenvalue weighted by atomic mass is 10.0. The van der Waals surface area contributed by atoms with Crippen molar-refractivity contribution in [3.05, 3.63) is 60.3 Å². The maximum absolute atomic E-state index is 10.5. The summed E-state index contributed by atoms with van der Waals surface area (Å²) >= 11 is 0. The van der Waals surface area contributed by atoms with Gasteiger partial charge in [0.15, 0.2) is 0 Å². The van der Waals surface area contributed by atoms with Crippen LogP contribution in [0, 0.1) is 0 Å². The van der Waals surface area contributed by atoms with E-state index >= 15 is 0 Å². The van der Waals surface area contributed by atoms with Crippen molar-refractivity contribution < 1.29 is 5.11 Å². The van der Waals surface area contributed by atoms with E-state index in [1.807, 2.05) is 36.5 Å². The van der Waals surface area contributed by atoms with E-state index < -0.39 is 6.10 Å². The van der Waals surface area contributed by atoms with Gasteiger partial charge in [0.2, 0.25) is 0 Å². The van der Waals surface area contributed by atoms with Gasteiger partial charge in [-0.15, -0.1) is 0 Å². The Hall–Kier alpha value is -2.20. The Bertz CT molecular complexity index is 735. The fourth-order valence-electron chi connectivity index (χ4n) is 2.57. The number of hydrogen-bond acceptors (Lipinski definition) is 3. The summed E-state index contributed by atoms with van der Waals surface area (Å²) in [7, 11) is 0. The monoisotopic (exact) mass is 281 g/mol. The molecule has 0 amide bonds. The van der Waals surface area contributed by atoms with Gasteiger partial charge in [-0.3, -0.25) is 4.98 Å². The van der Waals surface area contributed by atoms with Gasteiger partial charge in [0.05, 0.1) is 11.6 Å². The second-order valence-electron chi connectivity index (χ2n) is 5.21. The molecule has 2 aromatic heterocycles. The van der Waals surface area contributed by atoms with Crippen LogP contribution in [0.25, 0.3) is 10.9 Å². The highest BCUT2D eigenvalue weighted by molar-refractivity contribution is 5.79. The van der Waals surface area contributed by atoms with Crippen molar-refractivity contribution in [3.8, 4) is 0 Å². The first kappa shape index (κ1) is 13.8. The maximum Gasteiger partial charge on any atom is 0.111 e. The van der Waals surface area contributed by atoms with Crippen LogP contribution in [0.2, 0.25) is 0 Å². The van der Waals surface area contributed by atoms with E-state index in [4.69, 9.17) is 0 Å². The minimum atomic E-state index is -0.549. The number of aryl methyl sites for hydroxylation is 1. The zero-order chi connectivity index (χ0) is 14.7. The standard InChI is InChI=1S/C17H19N3O/c1-2-9-20-10-8-19-17(20)12-16(21)14-5-6-15-13(11-14)4-3-7-18-15/h3-8,10-11,16,21H,2,9,12H2,1H3. The molecule has 0 spiro atoms. The van der Waals surface area contributed by atoms with Crippen LogP contribution < -0.4 is 0 Å². The van der Waals surface area contributed by atoms with Gasteiger partial charge in [-0.25, -0.2) is 4.98 Å². The summed E-state index contributed by atoms with van der Waals surface area (Å²) < 4.78 is 2.10. The van der Waals surface area contributed by atoms with Crippen molar-refractivity contribution in [2.45, 2.75) is 32.4 Å². The Balaban J connectivity index is 1.83. The van der Waals surface area contributed by atoms with Crippen molar-refractivity contribution in [2.24, 2.45) is 0 Å². The number of fused-ring (bicyclic) bond motifs is 1. The first-order valence-corrected chi connectivity index (χ1v) is 7.30. The van der Waals surface area contributed by atoms with Crippen LogP contribution in [-0.2, 0) is 13.0 Å². The summed E-state index contributed by atoms with van der Waals surface area (Å²) in [6.07, 6.45) is 6.57. The highest BCUT2D eigenvalue weighted by atomic mass is 16.3. The second kappa shape index (κ2) is 6.06. The molecule has 21 heavy (non-hydrogen) atoms. The molecule has 1 unspecified atom stereocenters. The summed E-state index contributed by atoms with van der Waals surface area (Å²) in [5, 5.41) is 11.5. The smallest absolute Gasteiger partial charge is 0.111 e. The van der Waals surface area contributed by atoms with E-state index in [1.165, 1.54) is 0 Å². The van der Waals surface area contributed by atoms with E-state index in [-0.39, 0.29) is 0 Å². The lowest BCUT2D eigenvalue weighted by Crippen LogP contribution is -2.09. The molecule has 0 radical (unpaired) electrons. The van der Waals surface area contributed by atoms with E-state index in [1.54, 1.807) is 12.4 Å². The molecule has 0 aliphatic rings. The second-order valence-corrected chi connectivity index (χ2v) is 5.21. The van der Waals surface area contributed by atoms with Crippen molar-refractivity contribution >= 4 is 10.9 Å². The van der Waals surface area contributed by atoms with Crippen LogP contribution in [0.15, 0.2) is 48.9 Å². The Morgan fingerprint density at radius 1 is 1.19 bits per heavy atom. The number of aliphatic hydroxyl groups excluding tert-OH is 1. The van der Waals surface area contributed by atoms with E-state index in [0.717, 1.165) is 35.3 Å². The SMILES string of the molecule is CCCn1ccnc1CC(O)c1ccc2ncccc2c1. The van der Waals surface area contributed by atoms with Crippen LogP contribution in [0.1, 0.15) is 30.8 Å². The van der Waals surface area contributed by atoms with Crippen LogP contribution in [0.5, 0.6) is 0 Å². The number of imidazole rings is 1. The largest absolute Gasteiger partial charge is 0.388 e. The maximum atomic E-state index is 10.5. The minimum absolute atomic E-state index is 0.527. The molecule has 1 atom stereocenters. The summed E-state index contributed by atoms with van der Waals surface area (Å²) in [6.45, 7) is 3.07. The molecule has 4 nitrogen and oxygen atoms in total. The van der Waals surface area contributed by atoms with Gasteiger partial charge in [0.1, 0.15) is 5.82 Å². The fraction of sp³-hybridized carbons (Fsp3) is 0.294. The zero-order valence-electron chi connectivity index (χ0n) is 12.1. The summed E-state index contributed by atoms with van der Waals surface area (Å²) in [5.41, 5.74) is 1.85. The summed E-state index contributed by atoms with van der Waals surface area (Å²) in [4.78, 5) is 8.65. The third-order valence-corrected chi connectivity index (χ3v) is 3.65. The Kier molecular flexibility index (Phi) is 3.97. The van der Waals surface area contributed by atoms with Gasteiger partial charge in [-0.05, 0) is 30.2 Å². The Morgan fingerprint density at radius 2 is 2.10 bits per heavy atom. The first-order valence-electron chi connectivity index (χ1n) is 7.30. The molecule has 0 bridgehead atoms. The molecule has 0 fully saturated rings. The summed E-state index contributed by atoms with van der Waals surface area (Å²) in [5.74, 6) is 0.927. The van der Waals surface area contributed by atoms with Gasteiger partial charge in [-0.1, -0.05) is 19.1 Å². The number of aliphatic hydroxyl groups is 1. The van der Waals surface area contributed by atoms with Crippen molar-refractivity contribution in [2.75, 3.05) is 0 Å². The molecule has 4 heteroatoms. The Labute approximate surface area is 124 Å². The molecule has 0 aliphatic heterocycles. The predicted molar refractivity (Wildman–Crippen MR) is 82.9 cm³/mol. The van der Waals surface area contributed by atoms with Gasteiger partial charge in [0.25, 0.3) is 0 Å². The molecule has 2 heterocycles. The lowest BCUT2D eigenvalue weighted by molar-refractivity contribution is 0.174. The fourth-order valence-corrected chi connectivity index (χ4v) is 2.57. The number of rotatable bonds is 5. The molecule has 0 aliphatic carbocycles. The molecule has 1 N–H and O–H groups in total. The van der Waals surface area contributed by atoms with Gasteiger partial charge in [0, 0.05) is 36.9 Å². The highest BCUT2D eigenvalue weighted by Crippen LogP contribution is 2.21. The first-order chi connectivity index (χ1) is 10.3. The van der Waals surface area contributed by atoms with E-state index in [2.05, 4.69) is 21.5 Å². The van der Waals surface area contributed by atoms with E-state index in [0.29, 0.717) is 6.42 Å². The minimum Gasteiger partial charge on any atom is -0.388 e. The van der Waals surface area contributed by atoms with Crippen molar-refractivity contribution in [1.29, 1.82) is 0 Å². The molecular weight excluding hydrogens is 262 g/mol. The molecule has 3 aromatic rings. The predicted octanol–water partition coefficient (Wildman–Crippen LogP) is 3.12. The molecule has 0 saturated heterocycles. The molecule has 0 saturated carbocycles. The lowest BCUT2D eigenvalue weighted by Gasteiger charge is -2.13. The highest BCUT2D eigenvalue weighted by Gasteiger charge is 2.13. The van der Waals surface area contributed by atoms with Gasteiger partial charge in [-0.2, -0.15) is 0 Å². The van der Waals surface area contributed by atoms with Crippen LogP contribution in [-0.4, -0.2) is 19.6 Å². The molecule has 1 aromatic carbocycles. The third-order valence-electron chi connectivity index (χ3n) is 3.65. The van der Waals surface area contributed by atoms with Crippen molar-refractivity contribution in [1.82, 2.24) is 14.5 Å². The number of pyridine rings is 1. The van der Waals surface area contributed by atoms with Crippen LogP contribution >= 0.6 is 0 Å². The molecular formula is C17H19N3O. The molecule has 3 rings (SSSR count). The summed E-state index contributed by atoms with van der Waals surface area (Å²) in [6, 6.07) is 9.81. The van der Waals surface area contributed by atoms with Crippen molar-refractivity contribution in [3.63, 3.8) is 0 Å². The topological polar surface area (TPSA) is 50.9 Å². The molecule has 108 valence electrons. The van der Waals surface area contributed by atoms with E-state index in [9.17, 15) is 5.11 Å². The number of benzene rings is 1. The third kappa shape index (κ3) is 2.95. The number of hydrogen-bond donors (Lipinski definition) is 1. The van der Waals surface area contributed by atoms with Gasteiger partial charge >= 0.3 is 0 Å². The van der Waals surface area contributed by atoms with Gasteiger partial charge < -0.3 is 9.67 Å². The zero-order valence-corrected chi connectivity index (χ0v) is 12.1. The average molecular weight is 281 g/mol. The van der Waals surface area contributed by atoms with Crippen LogP contribution in [0.3, 0.4) is 0 Å². The number of nitrogens with zero attached hydrogens (tertiary/aromatic N) is 3. The normalized spacial score (nSPS) is 12.7. The quantitative estimate of drug-likeness (QED) is 0.781. The number of aromatic nitrogens is 3.